The summed E-state index contributed by atoms with van der Waals surface area (Å²) in [5, 5.41) is 0. The van der Waals surface area contributed by atoms with Crippen LogP contribution in [0.1, 0.15) is 48.5 Å². The van der Waals surface area contributed by atoms with E-state index in [1.54, 1.807) is 41.5 Å². The SMILES string of the molecule is CCO/C=C/COC(=O)CN(C(=O)OC(C)(C)C)C(=O)OC(C)(C)C. The fourth-order valence-corrected chi connectivity index (χ4v) is 1.36. The Morgan fingerprint density at radius 3 is 1.80 bits per heavy atom. The molecule has 0 rings (SSSR count). The molecule has 25 heavy (non-hydrogen) atoms. The summed E-state index contributed by atoms with van der Waals surface area (Å²) in [5.41, 5.74) is -1.66. The highest BCUT2D eigenvalue weighted by molar-refractivity contribution is 5.92. The molecule has 8 nitrogen and oxygen atoms in total. The third-order valence-corrected chi connectivity index (χ3v) is 2.21. The van der Waals surface area contributed by atoms with Crippen molar-refractivity contribution in [3.05, 3.63) is 12.3 Å². The minimum Gasteiger partial charge on any atom is -0.502 e. The maximum absolute atomic E-state index is 12.2. The fourth-order valence-electron chi connectivity index (χ4n) is 1.36. The first-order valence-electron chi connectivity index (χ1n) is 8.01. The van der Waals surface area contributed by atoms with Crippen LogP contribution in [-0.2, 0) is 23.7 Å². The average molecular weight is 359 g/mol. The summed E-state index contributed by atoms with van der Waals surface area (Å²) >= 11 is 0. The van der Waals surface area contributed by atoms with Crippen molar-refractivity contribution in [1.29, 1.82) is 0 Å². The highest BCUT2D eigenvalue weighted by Crippen LogP contribution is 2.14. The number of imide groups is 1. The predicted octanol–water partition coefficient (Wildman–Crippen LogP) is 3.25. The van der Waals surface area contributed by atoms with Crippen LogP contribution >= 0.6 is 0 Å². The van der Waals surface area contributed by atoms with Gasteiger partial charge < -0.3 is 18.9 Å². The van der Waals surface area contributed by atoms with Crippen molar-refractivity contribution in [1.82, 2.24) is 4.90 Å². The summed E-state index contributed by atoms with van der Waals surface area (Å²) in [6.45, 7) is 11.5. The lowest BCUT2D eigenvalue weighted by molar-refractivity contribution is -0.143. The smallest absolute Gasteiger partial charge is 0.420 e. The van der Waals surface area contributed by atoms with E-state index in [2.05, 4.69) is 0 Å². The molecule has 144 valence electrons. The fraction of sp³-hybridized carbons (Fsp3) is 0.706. The summed E-state index contributed by atoms with van der Waals surface area (Å²) < 4.78 is 20.1. The van der Waals surface area contributed by atoms with Gasteiger partial charge in [-0.3, -0.25) is 4.79 Å². The van der Waals surface area contributed by atoms with Gasteiger partial charge >= 0.3 is 18.2 Å². The standard InChI is InChI=1S/C17H29NO7/c1-8-22-10-9-11-23-13(19)12-18(14(20)24-16(2,3)4)15(21)25-17(5,6)7/h9-10H,8,11-12H2,1-7H3/b10-9+. The first-order valence-corrected chi connectivity index (χ1v) is 8.01. The van der Waals surface area contributed by atoms with Crippen LogP contribution in [0.15, 0.2) is 12.3 Å². The molecule has 0 bridgehead atoms. The quantitative estimate of drug-likeness (QED) is 0.408. The van der Waals surface area contributed by atoms with E-state index in [0.717, 1.165) is 0 Å². The third-order valence-electron chi connectivity index (χ3n) is 2.21. The molecule has 0 unspecified atom stereocenters. The Hall–Kier alpha value is -2.25. The van der Waals surface area contributed by atoms with Gasteiger partial charge in [-0.25, -0.2) is 14.5 Å². The van der Waals surface area contributed by atoms with E-state index in [-0.39, 0.29) is 6.61 Å². The van der Waals surface area contributed by atoms with Gasteiger partial charge in [-0.1, -0.05) is 0 Å². The predicted molar refractivity (Wildman–Crippen MR) is 90.9 cm³/mol. The monoisotopic (exact) mass is 359 g/mol. The van der Waals surface area contributed by atoms with E-state index in [1.807, 2.05) is 6.92 Å². The van der Waals surface area contributed by atoms with Gasteiger partial charge in [-0.15, -0.1) is 0 Å². The van der Waals surface area contributed by atoms with E-state index in [1.165, 1.54) is 12.3 Å². The van der Waals surface area contributed by atoms with Crippen molar-refractivity contribution in [2.75, 3.05) is 19.8 Å². The number of carbonyl (C=O) groups is 3. The van der Waals surface area contributed by atoms with Gasteiger partial charge in [-0.2, -0.15) is 0 Å². The zero-order valence-corrected chi connectivity index (χ0v) is 16.1. The molecule has 0 aromatic rings. The molecule has 0 aliphatic heterocycles. The Morgan fingerprint density at radius 2 is 1.40 bits per heavy atom. The first-order chi connectivity index (χ1) is 11.4. The summed E-state index contributed by atoms with van der Waals surface area (Å²) in [6, 6.07) is 0. The van der Waals surface area contributed by atoms with Crippen LogP contribution in [0.4, 0.5) is 9.59 Å². The Labute approximate surface area is 149 Å². The Balaban J connectivity index is 4.91. The summed E-state index contributed by atoms with van der Waals surface area (Å²) in [6.07, 6.45) is 0.923. The minimum atomic E-state index is -0.983. The largest absolute Gasteiger partial charge is 0.502 e. The average Bonchev–Trinajstić information content (AvgIpc) is 2.40. The van der Waals surface area contributed by atoms with Gasteiger partial charge in [0.15, 0.2) is 0 Å². The van der Waals surface area contributed by atoms with Crippen molar-refractivity contribution in [3.8, 4) is 0 Å². The summed E-state index contributed by atoms with van der Waals surface area (Å²) in [7, 11) is 0. The number of hydrogen-bond donors (Lipinski definition) is 0. The zero-order chi connectivity index (χ0) is 19.7. The van der Waals surface area contributed by atoms with Gasteiger partial charge in [0.1, 0.15) is 24.4 Å². The Kier molecular flexibility index (Phi) is 9.01. The molecule has 0 aliphatic carbocycles. The number of rotatable bonds is 6. The molecule has 0 aromatic heterocycles. The third kappa shape index (κ3) is 11.9. The maximum atomic E-state index is 12.2. The van der Waals surface area contributed by atoms with Crippen LogP contribution in [0.3, 0.4) is 0 Å². The van der Waals surface area contributed by atoms with E-state index in [4.69, 9.17) is 18.9 Å². The molecule has 0 aromatic carbocycles. The zero-order valence-electron chi connectivity index (χ0n) is 16.1. The molecule has 8 heteroatoms. The summed E-state index contributed by atoms with van der Waals surface area (Å²) in [4.78, 5) is 36.8. The van der Waals surface area contributed by atoms with E-state index in [9.17, 15) is 14.4 Å². The van der Waals surface area contributed by atoms with E-state index >= 15 is 0 Å². The van der Waals surface area contributed by atoms with Crippen molar-refractivity contribution in [2.45, 2.75) is 59.7 Å². The first kappa shape index (κ1) is 22.8. The van der Waals surface area contributed by atoms with Crippen LogP contribution in [0.25, 0.3) is 0 Å². The van der Waals surface area contributed by atoms with Crippen LogP contribution < -0.4 is 0 Å². The lowest BCUT2D eigenvalue weighted by Gasteiger charge is -2.28. The van der Waals surface area contributed by atoms with Gasteiger partial charge in [0.2, 0.25) is 0 Å². The molecule has 0 N–H and O–H groups in total. The lowest BCUT2D eigenvalue weighted by Crippen LogP contribution is -2.46. The molecule has 0 fully saturated rings. The molecule has 0 spiro atoms. The summed E-state index contributed by atoms with van der Waals surface area (Å²) in [5.74, 6) is -0.780. The molecular weight excluding hydrogens is 330 g/mol. The Morgan fingerprint density at radius 1 is 0.920 bits per heavy atom. The lowest BCUT2D eigenvalue weighted by atomic mass is 10.2. The number of esters is 1. The van der Waals surface area contributed by atoms with Crippen LogP contribution in [0.5, 0.6) is 0 Å². The molecule has 0 atom stereocenters. The van der Waals surface area contributed by atoms with Gasteiger partial charge in [0, 0.05) is 0 Å². The number of ether oxygens (including phenoxy) is 4. The number of carbonyl (C=O) groups excluding carboxylic acids is 3. The number of nitrogens with zero attached hydrogens (tertiary/aromatic N) is 1. The number of amides is 2. The van der Waals surface area contributed by atoms with Crippen LogP contribution in [0.2, 0.25) is 0 Å². The normalized spacial score (nSPS) is 11.8. The highest BCUT2D eigenvalue weighted by Gasteiger charge is 2.33. The molecule has 0 heterocycles. The van der Waals surface area contributed by atoms with Crippen LogP contribution in [-0.4, -0.2) is 54.0 Å². The molecule has 0 saturated heterocycles. The Bertz CT molecular complexity index is 458. The minimum absolute atomic E-state index is 0.0463. The van der Waals surface area contributed by atoms with Crippen molar-refractivity contribution in [2.24, 2.45) is 0 Å². The topological polar surface area (TPSA) is 91.4 Å². The number of hydrogen-bond acceptors (Lipinski definition) is 7. The molecule has 0 saturated carbocycles. The van der Waals surface area contributed by atoms with E-state index in [0.29, 0.717) is 11.5 Å². The second-order valence-electron chi connectivity index (χ2n) is 7.06. The van der Waals surface area contributed by atoms with Crippen molar-refractivity contribution >= 4 is 18.2 Å². The highest BCUT2D eigenvalue weighted by atomic mass is 16.6. The second-order valence-corrected chi connectivity index (χ2v) is 7.06. The second kappa shape index (κ2) is 9.90. The molecule has 0 aliphatic rings. The van der Waals surface area contributed by atoms with Gasteiger partial charge in [0.05, 0.1) is 12.9 Å². The molecular formula is C17H29NO7. The van der Waals surface area contributed by atoms with E-state index < -0.39 is 35.9 Å². The van der Waals surface area contributed by atoms with Crippen molar-refractivity contribution in [3.63, 3.8) is 0 Å². The molecule has 2 amide bonds. The van der Waals surface area contributed by atoms with Gasteiger partial charge in [0.25, 0.3) is 0 Å². The van der Waals surface area contributed by atoms with Gasteiger partial charge in [-0.05, 0) is 54.5 Å². The molecule has 0 radical (unpaired) electrons. The van der Waals surface area contributed by atoms with Crippen molar-refractivity contribution < 1.29 is 33.3 Å². The van der Waals surface area contributed by atoms with Crippen LogP contribution in [0, 0.1) is 0 Å². The maximum Gasteiger partial charge on any atom is 0.420 e.